The molecule has 3 nitrogen and oxygen atoms in total. The lowest BCUT2D eigenvalue weighted by Gasteiger charge is -2.25. The zero-order valence-electron chi connectivity index (χ0n) is 13.1. The number of hydrogen-bond acceptors (Lipinski definition) is 2. The van der Waals surface area contributed by atoms with E-state index in [0.717, 1.165) is 23.1 Å². The predicted octanol–water partition coefficient (Wildman–Crippen LogP) is 3.91. The number of hydrogen-bond donors (Lipinski definition) is 0. The van der Waals surface area contributed by atoms with Crippen LogP contribution in [0.4, 0.5) is 4.79 Å². The van der Waals surface area contributed by atoms with Crippen LogP contribution in [0.25, 0.3) is 0 Å². The van der Waals surface area contributed by atoms with Crippen LogP contribution >= 0.6 is 15.9 Å². The molecule has 1 heterocycles. The number of fused-ring (bicyclic) bond motifs is 1. The largest absolute Gasteiger partial charge is 0.444 e. The van der Waals surface area contributed by atoms with E-state index in [2.05, 4.69) is 27.8 Å². The molecule has 0 N–H and O–H groups in total. The van der Waals surface area contributed by atoms with Gasteiger partial charge in [-0.1, -0.05) is 27.8 Å². The SMILES string of the molecule is CC(C)(C)OC(=O)N1C[C@@H]2C(C#Cc3ccc(Br)cc3)[C@@H]2C1. The summed E-state index contributed by atoms with van der Waals surface area (Å²) in [6.07, 6.45) is -0.195. The summed E-state index contributed by atoms with van der Waals surface area (Å²) in [5, 5.41) is 0. The van der Waals surface area contributed by atoms with Gasteiger partial charge in [0.05, 0.1) is 0 Å². The minimum Gasteiger partial charge on any atom is -0.444 e. The molecule has 1 unspecified atom stereocenters. The van der Waals surface area contributed by atoms with Gasteiger partial charge in [0.15, 0.2) is 0 Å². The summed E-state index contributed by atoms with van der Waals surface area (Å²) >= 11 is 3.42. The molecule has 22 heavy (non-hydrogen) atoms. The molecule has 1 amide bonds. The fourth-order valence-electron chi connectivity index (χ4n) is 2.92. The highest BCUT2D eigenvalue weighted by atomic mass is 79.9. The van der Waals surface area contributed by atoms with Crippen molar-refractivity contribution >= 4 is 22.0 Å². The Morgan fingerprint density at radius 1 is 1.23 bits per heavy atom. The van der Waals surface area contributed by atoms with Crippen molar-refractivity contribution in [3.8, 4) is 11.8 Å². The van der Waals surface area contributed by atoms with Gasteiger partial charge in [-0.2, -0.15) is 0 Å². The number of nitrogens with zero attached hydrogens (tertiary/aromatic N) is 1. The number of likely N-dealkylation sites (tertiary alicyclic amines) is 1. The fourth-order valence-corrected chi connectivity index (χ4v) is 3.18. The van der Waals surface area contributed by atoms with Crippen LogP contribution in [0.1, 0.15) is 26.3 Å². The molecule has 0 radical (unpaired) electrons. The average molecular weight is 362 g/mol. The van der Waals surface area contributed by atoms with E-state index in [1.54, 1.807) is 0 Å². The van der Waals surface area contributed by atoms with E-state index in [4.69, 9.17) is 4.74 Å². The highest BCUT2D eigenvalue weighted by Gasteiger charge is 2.56. The Morgan fingerprint density at radius 3 is 2.36 bits per heavy atom. The lowest BCUT2D eigenvalue weighted by molar-refractivity contribution is 0.0269. The molecule has 1 aliphatic carbocycles. The molecule has 1 aromatic rings. The monoisotopic (exact) mass is 361 g/mol. The lowest BCUT2D eigenvalue weighted by Crippen LogP contribution is -2.37. The second-order valence-corrected chi connectivity index (χ2v) is 7.93. The Morgan fingerprint density at radius 2 is 1.82 bits per heavy atom. The van der Waals surface area contributed by atoms with Gasteiger partial charge in [-0.3, -0.25) is 0 Å². The lowest BCUT2D eigenvalue weighted by atomic mass is 10.2. The molecule has 1 aliphatic heterocycles. The van der Waals surface area contributed by atoms with Crippen LogP contribution in [0.15, 0.2) is 28.7 Å². The normalized spacial score (nSPS) is 26.0. The maximum absolute atomic E-state index is 12.0. The maximum Gasteiger partial charge on any atom is 0.410 e. The molecule has 3 atom stereocenters. The minimum absolute atomic E-state index is 0.195. The van der Waals surface area contributed by atoms with Gasteiger partial charge in [0.25, 0.3) is 0 Å². The third-order valence-electron chi connectivity index (χ3n) is 4.07. The van der Waals surface area contributed by atoms with E-state index in [9.17, 15) is 4.79 Å². The molecule has 116 valence electrons. The van der Waals surface area contributed by atoms with Gasteiger partial charge >= 0.3 is 6.09 Å². The first-order chi connectivity index (χ1) is 10.3. The maximum atomic E-state index is 12.0. The number of carbonyl (C=O) groups excluding carboxylic acids is 1. The van der Waals surface area contributed by atoms with Crippen LogP contribution < -0.4 is 0 Å². The van der Waals surface area contributed by atoms with Crippen molar-refractivity contribution in [1.29, 1.82) is 0 Å². The number of amides is 1. The molecule has 0 spiro atoms. The van der Waals surface area contributed by atoms with Crippen LogP contribution in [0.3, 0.4) is 0 Å². The van der Waals surface area contributed by atoms with Gasteiger partial charge in [-0.05, 0) is 56.9 Å². The van der Waals surface area contributed by atoms with E-state index in [-0.39, 0.29) is 6.09 Å². The van der Waals surface area contributed by atoms with Crippen LogP contribution in [-0.2, 0) is 4.74 Å². The summed E-state index contributed by atoms with van der Waals surface area (Å²) in [5.41, 5.74) is 0.613. The van der Waals surface area contributed by atoms with Crippen molar-refractivity contribution in [3.63, 3.8) is 0 Å². The summed E-state index contributed by atoms with van der Waals surface area (Å²) in [6.45, 7) is 7.25. The van der Waals surface area contributed by atoms with Crippen molar-refractivity contribution in [3.05, 3.63) is 34.3 Å². The minimum atomic E-state index is -0.426. The second-order valence-electron chi connectivity index (χ2n) is 7.02. The summed E-state index contributed by atoms with van der Waals surface area (Å²) in [4.78, 5) is 13.8. The van der Waals surface area contributed by atoms with Gasteiger partial charge in [0, 0.05) is 29.0 Å². The Bertz CT molecular complexity index is 624. The van der Waals surface area contributed by atoms with Crippen LogP contribution in [-0.4, -0.2) is 29.7 Å². The zero-order chi connectivity index (χ0) is 15.9. The van der Waals surface area contributed by atoms with E-state index in [0.29, 0.717) is 17.8 Å². The average Bonchev–Trinajstić information content (AvgIpc) is 2.88. The molecule has 2 fully saturated rings. The van der Waals surface area contributed by atoms with Crippen LogP contribution in [0.2, 0.25) is 0 Å². The molecule has 3 rings (SSSR count). The predicted molar refractivity (Wildman–Crippen MR) is 89.3 cm³/mol. The highest BCUT2D eigenvalue weighted by molar-refractivity contribution is 9.10. The third kappa shape index (κ3) is 3.47. The topological polar surface area (TPSA) is 29.5 Å². The number of rotatable bonds is 0. The van der Waals surface area contributed by atoms with Crippen molar-refractivity contribution in [2.75, 3.05) is 13.1 Å². The number of piperidine rings is 1. The molecule has 1 saturated carbocycles. The number of carbonyl (C=O) groups is 1. The van der Waals surface area contributed by atoms with Gasteiger partial charge in [-0.15, -0.1) is 0 Å². The Labute approximate surface area is 140 Å². The third-order valence-corrected chi connectivity index (χ3v) is 4.60. The smallest absolute Gasteiger partial charge is 0.410 e. The van der Waals surface area contributed by atoms with Crippen molar-refractivity contribution in [2.45, 2.75) is 26.4 Å². The molecule has 0 aromatic heterocycles. The molecule has 0 bridgehead atoms. The van der Waals surface area contributed by atoms with Crippen molar-refractivity contribution in [1.82, 2.24) is 4.90 Å². The first-order valence-corrected chi connectivity index (χ1v) is 8.38. The molecule has 1 saturated heterocycles. The first kappa shape index (κ1) is 15.4. The Kier molecular flexibility index (Phi) is 3.94. The van der Waals surface area contributed by atoms with E-state index >= 15 is 0 Å². The molecular formula is C18H20BrNO2. The highest BCUT2D eigenvalue weighted by Crippen LogP contribution is 2.51. The van der Waals surface area contributed by atoms with Crippen molar-refractivity contribution < 1.29 is 9.53 Å². The first-order valence-electron chi connectivity index (χ1n) is 7.58. The standard InChI is InChI=1S/C18H20BrNO2/c1-18(2,3)22-17(21)20-10-15-14(16(15)11-20)9-6-12-4-7-13(19)8-5-12/h4-5,7-8,14-16H,10-11H2,1-3H3/t14?,15-,16+. The van der Waals surface area contributed by atoms with Gasteiger partial charge in [0.1, 0.15) is 5.60 Å². The summed E-state index contributed by atoms with van der Waals surface area (Å²) < 4.78 is 6.48. The van der Waals surface area contributed by atoms with Crippen LogP contribution in [0.5, 0.6) is 0 Å². The summed E-state index contributed by atoms with van der Waals surface area (Å²) in [7, 11) is 0. The van der Waals surface area contributed by atoms with Crippen molar-refractivity contribution in [2.24, 2.45) is 17.8 Å². The Hall–Kier alpha value is -1.47. The molecule has 4 heteroatoms. The summed E-state index contributed by atoms with van der Waals surface area (Å²) in [6, 6.07) is 8.04. The van der Waals surface area contributed by atoms with E-state index in [1.807, 2.05) is 49.9 Å². The molecule has 2 aliphatic rings. The summed E-state index contributed by atoms with van der Waals surface area (Å²) in [5.74, 6) is 8.08. The quantitative estimate of drug-likeness (QED) is 0.655. The number of ether oxygens (including phenoxy) is 1. The van der Waals surface area contributed by atoms with Gasteiger partial charge in [-0.25, -0.2) is 4.79 Å². The van der Waals surface area contributed by atoms with E-state index < -0.39 is 5.60 Å². The van der Waals surface area contributed by atoms with E-state index in [1.165, 1.54) is 0 Å². The van der Waals surface area contributed by atoms with Crippen LogP contribution in [0, 0.1) is 29.6 Å². The number of benzene rings is 1. The molecular weight excluding hydrogens is 342 g/mol. The fraction of sp³-hybridized carbons (Fsp3) is 0.500. The number of halogens is 1. The Balaban J connectivity index is 1.53. The van der Waals surface area contributed by atoms with Gasteiger partial charge in [0.2, 0.25) is 0 Å². The zero-order valence-corrected chi connectivity index (χ0v) is 14.7. The van der Waals surface area contributed by atoms with Gasteiger partial charge < -0.3 is 9.64 Å². The molecule has 1 aromatic carbocycles. The second kappa shape index (κ2) is 5.62.